The molecule has 0 radical (unpaired) electrons. The smallest absolute Gasteiger partial charge is 0.410 e. The maximum absolute atomic E-state index is 12.7. The number of likely N-dealkylation sites (tertiary alicyclic amines) is 1. The van der Waals surface area contributed by atoms with Crippen LogP contribution < -0.4 is 9.47 Å². The van der Waals surface area contributed by atoms with E-state index in [1.54, 1.807) is 14.2 Å². The zero-order valence-electron chi connectivity index (χ0n) is 15.3. The molecule has 0 aromatic heterocycles. The zero-order valence-corrected chi connectivity index (χ0v) is 15.3. The fourth-order valence-corrected chi connectivity index (χ4v) is 3.37. The number of amides is 1. The molecule has 1 heterocycles. The van der Waals surface area contributed by atoms with Gasteiger partial charge in [0, 0.05) is 18.2 Å². The second-order valence-electron chi connectivity index (χ2n) is 6.35. The molecular formula is C21H25NO4. The first kappa shape index (κ1) is 18.1. The molecule has 1 amide bonds. The Morgan fingerprint density at radius 2 is 1.88 bits per heavy atom. The molecule has 3 rings (SSSR count). The summed E-state index contributed by atoms with van der Waals surface area (Å²) in [7, 11) is 3.27. The van der Waals surface area contributed by atoms with Gasteiger partial charge in [-0.25, -0.2) is 4.79 Å². The van der Waals surface area contributed by atoms with Crippen molar-refractivity contribution in [2.75, 3.05) is 20.8 Å². The summed E-state index contributed by atoms with van der Waals surface area (Å²) < 4.78 is 16.4. The van der Waals surface area contributed by atoms with Crippen LogP contribution in [0.5, 0.6) is 11.5 Å². The Morgan fingerprint density at radius 3 is 2.62 bits per heavy atom. The Bertz CT molecular complexity index is 732. The topological polar surface area (TPSA) is 48.0 Å². The van der Waals surface area contributed by atoms with E-state index in [0.717, 1.165) is 41.9 Å². The Labute approximate surface area is 154 Å². The lowest BCUT2D eigenvalue weighted by Gasteiger charge is -2.35. The van der Waals surface area contributed by atoms with Crippen molar-refractivity contribution in [3.05, 3.63) is 59.7 Å². The van der Waals surface area contributed by atoms with Gasteiger partial charge < -0.3 is 19.1 Å². The highest BCUT2D eigenvalue weighted by atomic mass is 16.6. The van der Waals surface area contributed by atoms with E-state index in [0.29, 0.717) is 6.54 Å². The van der Waals surface area contributed by atoms with Crippen LogP contribution in [0.3, 0.4) is 0 Å². The van der Waals surface area contributed by atoms with Crippen molar-refractivity contribution in [3.63, 3.8) is 0 Å². The molecule has 0 bridgehead atoms. The molecule has 1 atom stereocenters. The van der Waals surface area contributed by atoms with Gasteiger partial charge in [0.25, 0.3) is 0 Å². The summed E-state index contributed by atoms with van der Waals surface area (Å²) in [5, 5.41) is 0. The number of carbonyl (C=O) groups excluding carboxylic acids is 1. The van der Waals surface area contributed by atoms with Crippen LogP contribution in [0.4, 0.5) is 4.79 Å². The van der Waals surface area contributed by atoms with Crippen LogP contribution in [0, 0.1) is 0 Å². The van der Waals surface area contributed by atoms with Crippen molar-refractivity contribution >= 4 is 6.09 Å². The Kier molecular flexibility index (Phi) is 6.00. The first-order valence-electron chi connectivity index (χ1n) is 8.92. The van der Waals surface area contributed by atoms with E-state index in [1.165, 1.54) is 0 Å². The first-order chi connectivity index (χ1) is 12.7. The number of methoxy groups -OCH3 is 2. The molecule has 1 saturated heterocycles. The maximum Gasteiger partial charge on any atom is 0.410 e. The third kappa shape index (κ3) is 4.10. The lowest BCUT2D eigenvalue weighted by atomic mass is 9.95. The van der Waals surface area contributed by atoms with Gasteiger partial charge in [-0.05, 0) is 37.0 Å². The van der Waals surface area contributed by atoms with E-state index in [1.807, 2.05) is 53.4 Å². The maximum atomic E-state index is 12.7. The molecule has 5 nitrogen and oxygen atoms in total. The van der Waals surface area contributed by atoms with Crippen LogP contribution in [0.25, 0.3) is 0 Å². The van der Waals surface area contributed by atoms with Crippen LogP contribution >= 0.6 is 0 Å². The third-order valence-corrected chi connectivity index (χ3v) is 4.74. The van der Waals surface area contributed by atoms with Gasteiger partial charge in [-0.1, -0.05) is 30.3 Å². The summed E-state index contributed by atoms with van der Waals surface area (Å²) in [6.45, 7) is 0.968. The summed E-state index contributed by atoms with van der Waals surface area (Å²) in [4.78, 5) is 14.5. The van der Waals surface area contributed by atoms with Crippen molar-refractivity contribution in [1.82, 2.24) is 4.90 Å². The Balaban J connectivity index is 1.76. The fraction of sp³-hybridized carbons (Fsp3) is 0.381. The molecule has 2 aromatic carbocycles. The monoisotopic (exact) mass is 355 g/mol. The van der Waals surface area contributed by atoms with Gasteiger partial charge in [0.1, 0.15) is 18.1 Å². The third-order valence-electron chi connectivity index (χ3n) is 4.74. The molecule has 1 aliphatic heterocycles. The average Bonchev–Trinajstić information content (AvgIpc) is 2.72. The van der Waals surface area contributed by atoms with Gasteiger partial charge in [-0.2, -0.15) is 0 Å². The molecular weight excluding hydrogens is 330 g/mol. The second kappa shape index (κ2) is 8.61. The Morgan fingerprint density at radius 1 is 1.08 bits per heavy atom. The van der Waals surface area contributed by atoms with Crippen molar-refractivity contribution in [2.45, 2.75) is 31.9 Å². The minimum atomic E-state index is -0.281. The predicted octanol–water partition coefficient (Wildman–Crippen LogP) is 4.57. The molecule has 2 aromatic rings. The van der Waals surface area contributed by atoms with Crippen molar-refractivity contribution in [1.29, 1.82) is 0 Å². The van der Waals surface area contributed by atoms with Gasteiger partial charge in [0.05, 0.1) is 20.3 Å². The normalized spacial score (nSPS) is 16.8. The number of piperidine rings is 1. The molecule has 0 spiro atoms. The van der Waals surface area contributed by atoms with Gasteiger partial charge >= 0.3 is 6.09 Å². The van der Waals surface area contributed by atoms with E-state index >= 15 is 0 Å². The van der Waals surface area contributed by atoms with Crippen LogP contribution in [-0.4, -0.2) is 31.8 Å². The quantitative estimate of drug-likeness (QED) is 0.788. The highest BCUT2D eigenvalue weighted by Gasteiger charge is 2.31. The lowest BCUT2D eigenvalue weighted by molar-refractivity contribution is 0.0673. The molecule has 5 heteroatoms. The van der Waals surface area contributed by atoms with Gasteiger partial charge in [-0.15, -0.1) is 0 Å². The van der Waals surface area contributed by atoms with Crippen molar-refractivity contribution in [2.24, 2.45) is 0 Å². The summed E-state index contributed by atoms with van der Waals surface area (Å²) >= 11 is 0. The van der Waals surface area contributed by atoms with Gasteiger partial charge in [0.15, 0.2) is 0 Å². The predicted molar refractivity (Wildman–Crippen MR) is 99.5 cm³/mol. The van der Waals surface area contributed by atoms with Crippen molar-refractivity contribution in [3.8, 4) is 11.5 Å². The van der Waals surface area contributed by atoms with Gasteiger partial charge in [-0.3, -0.25) is 0 Å². The number of carbonyl (C=O) groups is 1. The molecule has 138 valence electrons. The summed E-state index contributed by atoms with van der Waals surface area (Å²) in [6, 6.07) is 15.4. The summed E-state index contributed by atoms with van der Waals surface area (Å²) in [5.41, 5.74) is 1.97. The fourth-order valence-electron chi connectivity index (χ4n) is 3.37. The van der Waals surface area contributed by atoms with Crippen LogP contribution in [0.2, 0.25) is 0 Å². The number of rotatable bonds is 5. The SMILES string of the molecule is COc1ccc(C2CCCCN2C(=O)OCc2ccccc2)c(OC)c1. The van der Waals surface area contributed by atoms with Crippen LogP contribution in [0.15, 0.2) is 48.5 Å². The Hall–Kier alpha value is -2.69. The van der Waals surface area contributed by atoms with E-state index in [9.17, 15) is 4.79 Å². The van der Waals surface area contributed by atoms with Gasteiger partial charge in [0.2, 0.25) is 0 Å². The standard InChI is InChI=1S/C21H25NO4/c1-24-17-11-12-18(20(14-17)25-2)19-10-6-7-13-22(19)21(23)26-15-16-8-4-3-5-9-16/h3-5,8-9,11-12,14,19H,6-7,10,13,15H2,1-2H3. The lowest BCUT2D eigenvalue weighted by Crippen LogP contribution is -2.39. The molecule has 1 aliphatic rings. The van der Waals surface area contributed by atoms with E-state index in [2.05, 4.69) is 0 Å². The largest absolute Gasteiger partial charge is 0.497 e. The first-order valence-corrected chi connectivity index (χ1v) is 8.92. The minimum Gasteiger partial charge on any atom is -0.497 e. The molecule has 0 N–H and O–H groups in total. The number of benzene rings is 2. The van der Waals surface area contributed by atoms with E-state index in [-0.39, 0.29) is 18.7 Å². The molecule has 0 aliphatic carbocycles. The molecule has 26 heavy (non-hydrogen) atoms. The number of nitrogens with zero attached hydrogens (tertiary/aromatic N) is 1. The highest BCUT2D eigenvalue weighted by molar-refractivity contribution is 5.69. The number of hydrogen-bond acceptors (Lipinski definition) is 4. The zero-order chi connectivity index (χ0) is 18.4. The van der Waals surface area contributed by atoms with E-state index < -0.39 is 0 Å². The van der Waals surface area contributed by atoms with Crippen LogP contribution in [0.1, 0.15) is 36.4 Å². The highest BCUT2D eigenvalue weighted by Crippen LogP contribution is 2.38. The van der Waals surface area contributed by atoms with Crippen LogP contribution in [-0.2, 0) is 11.3 Å². The second-order valence-corrected chi connectivity index (χ2v) is 6.35. The number of hydrogen-bond donors (Lipinski definition) is 0. The molecule has 1 fully saturated rings. The summed E-state index contributed by atoms with van der Waals surface area (Å²) in [6.07, 6.45) is 2.66. The average molecular weight is 355 g/mol. The van der Waals surface area contributed by atoms with E-state index in [4.69, 9.17) is 14.2 Å². The molecule has 1 unspecified atom stereocenters. The minimum absolute atomic E-state index is 0.0483. The summed E-state index contributed by atoms with van der Waals surface area (Å²) in [5.74, 6) is 1.47. The van der Waals surface area contributed by atoms with Crippen molar-refractivity contribution < 1.29 is 19.0 Å². The molecule has 0 saturated carbocycles. The number of ether oxygens (including phenoxy) is 3.